The maximum atomic E-state index is 11.4. The first-order valence-electron chi connectivity index (χ1n) is 6.19. The van der Waals surface area contributed by atoms with Crippen molar-refractivity contribution in [1.82, 2.24) is 0 Å². The number of hydrogen-bond donors (Lipinski definition) is 0. The van der Waals surface area contributed by atoms with E-state index in [1.54, 1.807) is 0 Å². The molecule has 1 aromatic rings. The molecule has 0 amide bonds. The zero-order valence-corrected chi connectivity index (χ0v) is 11.8. The van der Waals surface area contributed by atoms with Gasteiger partial charge in [-0.2, -0.15) is 0 Å². The lowest BCUT2D eigenvalue weighted by molar-refractivity contribution is 0.0497. The first-order chi connectivity index (χ1) is 8.79. The van der Waals surface area contributed by atoms with Crippen LogP contribution in [0, 0.1) is 5.92 Å². The molecular weight excluding hydrogens is 296 g/mol. The number of hydrogen-bond acceptors (Lipinski definition) is 3. The Morgan fingerprint density at radius 1 is 1.28 bits per heavy atom. The van der Waals surface area contributed by atoms with Crippen molar-refractivity contribution in [1.29, 1.82) is 0 Å². The van der Waals surface area contributed by atoms with Crippen LogP contribution in [0.1, 0.15) is 23.2 Å². The van der Waals surface area contributed by atoms with Gasteiger partial charge >= 0.3 is 0 Å². The first-order valence-corrected chi connectivity index (χ1v) is 7.31. The van der Waals surface area contributed by atoms with Crippen LogP contribution in [-0.4, -0.2) is 30.9 Å². The number of halogens is 1. The van der Waals surface area contributed by atoms with Gasteiger partial charge in [-0.1, -0.05) is 15.9 Å². The minimum Gasteiger partial charge on any atom is -0.493 e. The minimum absolute atomic E-state index is 0.0889. The molecule has 1 fully saturated rings. The quantitative estimate of drug-likeness (QED) is 0.619. The molecule has 0 unspecified atom stereocenters. The van der Waals surface area contributed by atoms with Crippen LogP contribution in [0.25, 0.3) is 0 Å². The van der Waals surface area contributed by atoms with Gasteiger partial charge in [-0.15, -0.1) is 0 Å². The summed E-state index contributed by atoms with van der Waals surface area (Å²) in [6.45, 7) is 2.41. The van der Waals surface area contributed by atoms with Crippen LogP contribution in [0.4, 0.5) is 0 Å². The van der Waals surface area contributed by atoms with Gasteiger partial charge in [0.15, 0.2) is 5.78 Å². The number of ketones is 1. The third-order valence-electron chi connectivity index (χ3n) is 3.12. The number of Topliss-reactive ketones (excluding diaryl/α,β-unsaturated/α-hetero) is 1. The highest BCUT2D eigenvalue weighted by Crippen LogP contribution is 2.18. The van der Waals surface area contributed by atoms with Gasteiger partial charge in [0.25, 0.3) is 0 Å². The van der Waals surface area contributed by atoms with Crippen molar-refractivity contribution in [2.24, 2.45) is 5.92 Å². The smallest absolute Gasteiger partial charge is 0.173 e. The SMILES string of the molecule is O=C(CBr)c1ccc(OCC2CCOCC2)cc1. The Labute approximate surface area is 116 Å². The van der Waals surface area contributed by atoms with Crippen LogP contribution in [-0.2, 0) is 4.74 Å². The molecule has 0 radical (unpaired) electrons. The lowest BCUT2D eigenvalue weighted by atomic mass is 10.0. The molecule has 4 heteroatoms. The largest absolute Gasteiger partial charge is 0.493 e. The normalized spacial score (nSPS) is 16.5. The Morgan fingerprint density at radius 2 is 1.94 bits per heavy atom. The van der Waals surface area contributed by atoms with E-state index in [4.69, 9.17) is 9.47 Å². The molecule has 0 spiro atoms. The Hall–Kier alpha value is -0.870. The highest BCUT2D eigenvalue weighted by molar-refractivity contribution is 9.09. The van der Waals surface area contributed by atoms with Crippen LogP contribution >= 0.6 is 15.9 Å². The van der Waals surface area contributed by atoms with Crippen molar-refractivity contribution < 1.29 is 14.3 Å². The number of ether oxygens (including phenoxy) is 2. The minimum atomic E-state index is 0.0889. The summed E-state index contributed by atoms with van der Waals surface area (Å²) in [4.78, 5) is 11.4. The van der Waals surface area contributed by atoms with Crippen LogP contribution in [0.2, 0.25) is 0 Å². The molecule has 1 aliphatic rings. The molecule has 0 bridgehead atoms. The second kappa shape index (κ2) is 6.90. The van der Waals surface area contributed by atoms with Crippen LogP contribution in [0.5, 0.6) is 5.75 Å². The van der Waals surface area contributed by atoms with Crippen molar-refractivity contribution in [3.05, 3.63) is 29.8 Å². The van der Waals surface area contributed by atoms with E-state index >= 15 is 0 Å². The van der Waals surface area contributed by atoms with Crippen molar-refractivity contribution in [2.75, 3.05) is 25.2 Å². The van der Waals surface area contributed by atoms with Gasteiger partial charge in [-0.25, -0.2) is 0 Å². The highest BCUT2D eigenvalue weighted by atomic mass is 79.9. The predicted molar refractivity (Wildman–Crippen MR) is 73.6 cm³/mol. The Kier molecular flexibility index (Phi) is 5.20. The molecule has 3 nitrogen and oxygen atoms in total. The standard InChI is InChI=1S/C14H17BrO3/c15-9-14(16)12-1-3-13(4-2-12)18-10-11-5-7-17-8-6-11/h1-4,11H,5-10H2. The molecule has 0 saturated carbocycles. The van der Waals surface area contributed by atoms with E-state index in [0.717, 1.165) is 38.4 Å². The molecule has 0 aliphatic carbocycles. The molecule has 1 heterocycles. The van der Waals surface area contributed by atoms with Gasteiger partial charge < -0.3 is 9.47 Å². The fourth-order valence-electron chi connectivity index (χ4n) is 1.94. The van der Waals surface area contributed by atoms with E-state index in [9.17, 15) is 4.79 Å². The summed E-state index contributed by atoms with van der Waals surface area (Å²) >= 11 is 3.16. The summed E-state index contributed by atoms with van der Waals surface area (Å²) in [7, 11) is 0. The van der Waals surface area contributed by atoms with E-state index in [0.29, 0.717) is 16.8 Å². The van der Waals surface area contributed by atoms with Gasteiger partial charge in [0.1, 0.15) is 5.75 Å². The molecule has 0 aromatic heterocycles. The van der Waals surface area contributed by atoms with Gasteiger partial charge in [-0.05, 0) is 43.0 Å². The van der Waals surface area contributed by atoms with Crippen molar-refractivity contribution >= 4 is 21.7 Å². The fourth-order valence-corrected chi connectivity index (χ4v) is 2.27. The molecule has 18 heavy (non-hydrogen) atoms. The molecule has 98 valence electrons. The van der Waals surface area contributed by atoms with Crippen LogP contribution in [0.3, 0.4) is 0 Å². The highest BCUT2D eigenvalue weighted by Gasteiger charge is 2.14. The summed E-state index contributed by atoms with van der Waals surface area (Å²) in [5.74, 6) is 1.50. The molecule has 1 saturated heterocycles. The van der Waals surface area contributed by atoms with Crippen molar-refractivity contribution in [2.45, 2.75) is 12.8 Å². The number of carbonyl (C=O) groups excluding carboxylic acids is 1. The van der Waals surface area contributed by atoms with Gasteiger partial charge in [0.2, 0.25) is 0 Å². The second-order valence-corrected chi connectivity index (χ2v) is 5.01. The fraction of sp³-hybridized carbons (Fsp3) is 0.500. The summed E-state index contributed by atoms with van der Waals surface area (Å²) in [6.07, 6.45) is 2.14. The van der Waals surface area contributed by atoms with Crippen molar-refractivity contribution in [3.8, 4) is 5.75 Å². The van der Waals surface area contributed by atoms with E-state index in [2.05, 4.69) is 15.9 Å². The number of rotatable bonds is 5. The topological polar surface area (TPSA) is 35.5 Å². The maximum Gasteiger partial charge on any atom is 0.173 e. The lowest BCUT2D eigenvalue weighted by Gasteiger charge is -2.22. The lowest BCUT2D eigenvalue weighted by Crippen LogP contribution is -2.21. The van der Waals surface area contributed by atoms with Gasteiger partial charge in [0, 0.05) is 18.8 Å². The zero-order chi connectivity index (χ0) is 12.8. The summed E-state index contributed by atoms with van der Waals surface area (Å²) in [5.41, 5.74) is 0.713. The average molecular weight is 313 g/mol. The summed E-state index contributed by atoms with van der Waals surface area (Å²) in [5, 5.41) is 0.356. The molecule has 1 aromatic carbocycles. The Balaban J connectivity index is 1.84. The zero-order valence-electron chi connectivity index (χ0n) is 10.2. The van der Waals surface area contributed by atoms with E-state index in [1.165, 1.54) is 0 Å². The molecule has 2 rings (SSSR count). The van der Waals surface area contributed by atoms with Crippen LogP contribution in [0.15, 0.2) is 24.3 Å². The molecule has 1 aliphatic heterocycles. The maximum absolute atomic E-state index is 11.4. The monoisotopic (exact) mass is 312 g/mol. The molecule has 0 N–H and O–H groups in total. The average Bonchev–Trinajstić information content (AvgIpc) is 2.46. The summed E-state index contributed by atoms with van der Waals surface area (Å²) < 4.78 is 11.0. The number of benzene rings is 1. The van der Waals surface area contributed by atoms with E-state index in [-0.39, 0.29) is 5.78 Å². The Morgan fingerprint density at radius 3 is 2.56 bits per heavy atom. The van der Waals surface area contributed by atoms with Gasteiger partial charge in [-0.3, -0.25) is 4.79 Å². The molecular formula is C14H17BrO3. The number of alkyl halides is 1. The van der Waals surface area contributed by atoms with Gasteiger partial charge in [0.05, 0.1) is 11.9 Å². The number of carbonyl (C=O) groups is 1. The third-order valence-corrected chi connectivity index (χ3v) is 3.63. The predicted octanol–water partition coefficient (Wildman–Crippen LogP) is 3.07. The Bertz CT molecular complexity index is 383. The third kappa shape index (κ3) is 3.82. The van der Waals surface area contributed by atoms with Crippen LogP contribution < -0.4 is 4.74 Å². The van der Waals surface area contributed by atoms with E-state index < -0.39 is 0 Å². The second-order valence-electron chi connectivity index (χ2n) is 4.45. The first kappa shape index (κ1) is 13.6. The summed E-state index contributed by atoms with van der Waals surface area (Å²) in [6, 6.07) is 7.33. The molecule has 0 atom stereocenters. The van der Waals surface area contributed by atoms with E-state index in [1.807, 2.05) is 24.3 Å². The van der Waals surface area contributed by atoms with Crippen molar-refractivity contribution in [3.63, 3.8) is 0 Å².